The average Bonchev–Trinajstić information content (AvgIpc) is 1.82. The topological polar surface area (TPSA) is 20.3 Å². The second-order valence-electron chi connectivity index (χ2n) is 4.02. The lowest BCUT2D eigenvalue weighted by atomic mass is 10.2. The molecular weight excluding hydrogens is 170 g/mol. The highest BCUT2D eigenvalue weighted by Crippen LogP contribution is 2.29. The maximum atomic E-state index is 10.9. The Morgan fingerprint density at radius 1 is 1.58 bits per heavy atom. The summed E-state index contributed by atoms with van der Waals surface area (Å²) in [6.45, 7) is 8.87. The van der Waals surface area contributed by atoms with Crippen LogP contribution in [-0.2, 0) is 4.79 Å². The van der Waals surface area contributed by atoms with Crippen molar-refractivity contribution in [2.75, 3.05) is 25.4 Å². The maximum absolute atomic E-state index is 10.9. The number of rotatable bonds is 2. The van der Waals surface area contributed by atoms with Crippen molar-refractivity contribution in [3.63, 3.8) is 0 Å². The highest BCUT2D eigenvalue weighted by Gasteiger charge is 2.26. The van der Waals surface area contributed by atoms with E-state index in [4.69, 9.17) is 0 Å². The predicted octanol–water partition coefficient (Wildman–Crippen LogP) is 1.40. The number of carbonyl (C=O) groups is 1. The molecule has 70 valence electrons. The molecule has 0 spiro atoms. The zero-order chi connectivity index (χ0) is 9.19. The van der Waals surface area contributed by atoms with Crippen LogP contribution in [0.4, 0.5) is 0 Å². The van der Waals surface area contributed by atoms with Gasteiger partial charge in [-0.25, -0.2) is 0 Å². The predicted molar refractivity (Wildman–Crippen MR) is 53.7 cm³/mol. The minimum Gasteiger partial charge on any atom is -0.299 e. The summed E-state index contributed by atoms with van der Waals surface area (Å²) in [5.41, 5.74) is 0. The van der Waals surface area contributed by atoms with E-state index in [-0.39, 0.29) is 5.78 Å². The summed E-state index contributed by atoms with van der Waals surface area (Å²) in [5, 5.41) is 0. The third-order valence-corrected chi connectivity index (χ3v) is 3.25. The molecule has 1 rings (SSSR count). The van der Waals surface area contributed by atoms with E-state index >= 15 is 0 Å². The minimum atomic E-state index is 0.276. The van der Waals surface area contributed by atoms with Gasteiger partial charge in [-0.1, -0.05) is 0 Å². The monoisotopic (exact) mass is 187 g/mol. The number of hydrogen-bond donors (Lipinski definition) is 0. The summed E-state index contributed by atoms with van der Waals surface area (Å²) in [6, 6.07) is 0. The molecule has 0 bridgehead atoms. The fraction of sp³-hybridized carbons (Fsp3) is 0.889. The number of nitrogens with zero attached hydrogens (tertiary/aromatic N) is 1. The Balaban J connectivity index is 2.41. The van der Waals surface area contributed by atoms with Crippen molar-refractivity contribution in [1.29, 1.82) is 0 Å². The molecule has 0 atom stereocenters. The number of thioether (sulfide) groups is 1. The lowest BCUT2D eigenvalue weighted by Gasteiger charge is -2.36. The minimum absolute atomic E-state index is 0.276. The first-order chi connectivity index (χ1) is 5.49. The van der Waals surface area contributed by atoms with Crippen molar-refractivity contribution < 1.29 is 4.79 Å². The SMILES string of the molecule is CC(=O)CN1CCSC(C)(C)C1. The van der Waals surface area contributed by atoms with Gasteiger partial charge in [0.2, 0.25) is 0 Å². The van der Waals surface area contributed by atoms with Crippen molar-refractivity contribution in [1.82, 2.24) is 4.90 Å². The largest absolute Gasteiger partial charge is 0.299 e. The molecule has 0 aromatic heterocycles. The van der Waals surface area contributed by atoms with Crippen LogP contribution >= 0.6 is 11.8 Å². The molecule has 1 aliphatic heterocycles. The summed E-state index contributed by atoms with van der Waals surface area (Å²) in [6.07, 6.45) is 0. The molecule has 0 N–H and O–H groups in total. The van der Waals surface area contributed by atoms with Gasteiger partial charge in [0.25, 0.3) is 0 Å². The van der Waals surface area contributed by atoms with Gasteiger partial charge >= 0.3 is 0 Å². The van der Waals surface area contributed by atoms with Gasteiger partial charge in [-0.15, -0.1) is 0 Å². The van der Waals surface area contributed by atoms with E-state index in [9.17, 15) is 4.79 Å². The van der Waals surface area contributed by atoms with Crippen molar-refractivity contribution in [2.45, 2.75) is 25.5 Å². The van der Waals surface area contributed by atoms with E-state index in [1.165, 1.54) is 0 Å². The number of hydrogen-bond acceptors (Lipinski definition) is 3. The molecule has 0 saturated carbocycles. The molecule has 0 unspecified atom stereocenters. The van der Waals surface area contributed by atoms with E-state index in [1.54, 1.807) is 6.92 Å². The number of ketones is 1. The lowest BCUT2D eigenvalue weighted by Crippen LogP contribution is -2.44. The quantitative estimate of drug-likeness (QED) is 0.652. The molecule has 1 aliphatic rings. The molecule has 0 radical (unpaired) electrons. The highest BCUT2D eigenvalue weighted by molar-refractivity contribution is 8.00. The Kier molecular flexibility index (Phi) is 3.18. The fourth-order valence-corrected chi connectivity index (χ4v) is 2.74. The van der Waals surface area contributed by atoms with Crippen LogP contribution in [0.25, 0.3) is 0 Å². The van der Waals surface area contributed by atoms with Gasteiger partial charge < -0.3 is 0 Å². The van der Waals surface area contributed by atoms with Crippen LogP contribution in [0.2, 0.25) is 0 Å². The average molecular weight is 187 g/mol. The summed E-state index contributed by atoms with van der Waals surface area (Å²) >= 11 is 2.00. The summed E-state index contributed by atoms with van der Waals surface area (Å²) < 4.78 is 0.327. The standard InChI is InChI=1S/C9H17NOS/c1-8(11)6-10-4-5-12-9(2,3)7-10/h4-7H2,1-3H3. The van der Waals surface area contributed by atoms with Gasteiger partial charge in [0.15, 0.2) is 0 Å². The number of Topliss-reactive ketones (excluding diaryl/α,β-unsaturated/α-hetero) is 1. The van der Waals surface area contributed by atoms with Gasteiger partial charge in [0.05, 0.1) is 6.54 Å². The van der Waals surface area contributed by atoms with Crippen LogP contribution in [0.3, 0.4) is 0 Å². The molecule has 1 fully saturated rings. The lowest BCUT2D eigenvalue weighted by molar-refractivity contribution is -0.118. The van der Waals surface area contributed by atoms with Crippen LogP contribution in [0.1, 0.15) is 20.8 Å². The molecule has 0 amide bonds. The fourth-order valence-electron chi connectivity index (χ4n) is 1.56. The van der Waals surface area contributed by atoms with E-state index in [0.29, 0.717) is 11.3 Å². The van der Waals surface area contributed by atoms with Gasteiger partial charge in [0, 0.05) is 23.6 Å². The Hall–Kier alpha value is -0.0200. The summed E-state index contributed by atoms with van der Waals surface area (Å²) in [7, 11) is 0. The van der Waals surface area contributed by atoms with Crippen molar-refractivity contribution in [2.24, 2.45) is 0 Å². The van der Waals surface area contributed by atoms with Gasteiger partial charge in [-0.3, -0.25) is 9.69 Å². The molecule has 2 nitrogen and oxygen atoms in total. The van der Waals surface area contributed by atoms with Crippen molar-refractivity contribution in [3.8, 4) is 0 Å². The van der Waals surface area contributed by atoms with E-state index in [0.717, 1.165) is 18.8 Å². The Bertz CT molecular complexity index is 179. The van der Waals surface area contributed by atoms with E-state index in [1.807, 2.05) is 11.8 Å². The zero-order valence-electron chi connectivity index (χ0n) is 8.09. The normalized spacial score (nSPS) is 23.9. The third-order valence-electron chi connectivity index (χ3n) is 1.95. The molecule has 12 heavy (non-hydrogen) atoms. The second kappa shape index (κ2) is 3.79. The molecule has 1 saturated heterocycles. The van der Waals surface area contributed by atoms with Crippen LogP contribution in [0.5, 0.6) is 0 Å². The summed E-state index contributed by atoms with van der Waals surface area (Å²) in [4.78, 5) is 13.1. The molecule has 1 heterocycles. The van der Waals surface area contributed by atoms with Crippen LogP contribution in [-0.4, -0.2) is 40.8 Å². The molecule has 3 heteroatoms. The maximum Gasteiger partial charge on any atom is 0.143 e. The molecule has 0 aliphatic carbocycles. The Labute approximate surface area is 78.7 Å². The first-order valence-electron chi connectivity index (χ1n) is 4.35. The first kappa shape index (κ1) is 10.1. The van der Waals surface area contributed by atoms with Gasteiger partial charge in [-0.2, -0.15) is 11.8 Å². The van der Waals surface area contributed by atoms with Crippen molar-refractivity contribution >= 4 is 17.5 Å². The Morgan fingerprint density at radius 3 is 2.75 bits per heavy atom. The van der Waals surface area contributed by atoms with Crippen LogP contribution in [0, 0.1) is 0 Å². The van der Waals surface area contributed by atoms with Crippen LogP contribution in [0.15, 0.2) is 0 Å². The molecular formula is C9H17NOS. The third kappa shape index (κ3) is 3.15. The van der Waals surface area contributed by atoms with Crippen molar-refractivity contribution in [3.05, 3.63) is 0 Å². The van der Waals surface area contributed by atoms with Crippen LogP contribution < -0.4 is 0 Å². The molecule has 0 aromatic carbocycles. The van der Waals surface area contributed by atoms with E-state index < -0.39 is 0 Å². The first-order valence-corrected chi connectivity index (χ1v) is 5.34. The van der Waals surface area contributed by atoms with E-state index in [2.05, 4.69) is 18.7 Å². The number of carbonyl (C=O) groups excluding carboxylic acids is 1. The highest BCUT2D eigenvalue weighted by atomic mass is 32.2. The Morgan fingerprint density at radius 2 is 2.25 bits per heavy atom. The second-order valence-corrected chi connectivity index (χ2v) is 5.82. The smallest absolute Gasteiger partial charge is 0.143 e. The van der Waals surface area contributed by atoms with Gasteiger partial charge in [-0.05, 0) is 20.8 Å². The van der Waals surface area contributed by atoms with Gasteiger partial charge in [0.1, 0.15) is 5.78 Å². The molecule has 0 aromatic rings. The summed E-state index contributed by atoms with van der Waals surface area (Å²) in [5.74, 6) is 1.43. The zero-order valence-corrected chi connectivity index (χ0v) is 8.91.